The van der Waals surface area contributed by atoms with E-state index in [0.717, 1.165) is 23.9 Å². The maximum Gasteiger partial charge on any atom is 0.205 e. The molecule has 2 aromatic rings. The zero-order valence-corrected chi connectivity index (χ0v) is 12.7. The fourth-order valence-corrected chi connectivity index (χ4v) is 3.48. The molecule has 5 heteroatoms. The minimum Gasteiger partial charge on any atom is -0.338 e. The summed E-state index contributed by atoms with van der Waals surface area (Å²) < 4.78 is 4.46. The largest absolute Gasteiger partial charge is 0.338 e. The second kappa shape index (κ2) is 5.50. The quantitative estimate of drug-likeness (QED) is 0.943. The van der Waals surface area contributed by atoms with Crippen molar-refractivity contribution in [3.63, 3.8) is 0 Å². The molecule has 0 spiro atoms. The van der Waals surface area contributed by atoms with Gasteiger partial charge in [0.25, 0.3) is 0 Å². The van der Waals surface area contributed by atoms with Crippen molar-refractivity contribution in [3.8, 4) is 0 Å². The standard InChI is InChI=1S/C15H20N4S/c1-10(2)14-17-15(20-18-14)19-9-12-6-4-3-5-11(12)7-13(19)8-16/h3-6,10,13H,7-9,16H2,1-2H3. The molecule has 2 N–H and O–H groups in total. The summed E-state index contributed by atoms with van der Waals surface area (Å²) in [5, 5.41) is 0.999. The van der Waals surface area contributed by atoms with Crippen LogP contribution in [-0.2, 0) is 13.0 Å². The molecule has 1 aliphatic heterocycles. The van der Waals surface area contributed by atoms with Crippen molar-refractivity contribution in [3.05, 3.63) is 41.2 Å². The van der Waals surface area contributed by atoms with Crippen LogP contribution in [0.1, 0.15) is 36.7 Å². The average Bonchev–Trinajstić information content (AvgIpc) is 2.95. The molecule has 1 aromatic heterocycles. The van der Waals surface area contributed by atoms with Gasteiger partial charge in [0, 0.05) is 36.6 Å². The zero-order valence-electron chi connectivity index (χ0n) is 11.9. The summed E-state index contributed by atoms with van der Waals surface area (Å²) in [7, 11) is 0. The third-order valence-corrected chi connectivity index (χ3v) is 4.59. The van der Waals surface area contributed by atoms with E-state index in [1.165, 1.54) is 22.7 Å². The normalized spacial score (nSPS) is 18.4. The second-order valence-electron chi connectivity index (χ2n) is 5.58. The van der Waals surface area contributed by atoms with Gasteiger partial charge in [-0.25, -0.2) is 4.98 Å². The Morgan fingerprint density at radius 2 is 2.10 bits per heavy atom. The second-order valence-corrected chi connectivity index (χ2v) is 6.31. The van der Waals surface area contributed by atoms with Gasteiger partial charge in [0.15, 0.2) is 0 Å². The van der Waals surface area contributed by atoms with Gasteiger partial charge in [-0.05, 0) is 17.5 Å². The highest BCUT2D eigenvalue weighted by atomic mass is 32.1. The minimum atomic E-state index is 0.317. The smallest absolute Gasteiger partial charge is 0.205 e. The van der Waals surface area contributed by atoms with Crippen molar-refractivity contribution >= 4 is 16.7 Å². The molecule has 1 aliphatic rings. The summed E-state index contributed by atoms with van der Waals surface area (Å²) >= 11 is 1.49. The summed E-state index contributed by atoms with van der Waals surface area (Å²) in [4.78, 5) is 6.99. The van der Waals surface area contributed by atoms with Crippen molar-refractivity contribution in [2.75, 3.05) is 11.4 Å². The van der Waals surface area contributed by atoms with Crippen LogP contribution < -0.4 is 10.6 Å². The highest BCUT2D eigenvalue weighted by Gasteiger charge is 2.27. The minimum absolute atomic E-state index is 0.317. The van der Waals surface area contributed by atoms with E-state index in [1.807, 2.05) is 0 Å². The SMILES string of the molecule is CC(C)c1nsc(N2Cc3ccccc3CC2CN)n1. The Morgan fingerprint density at radius 3 is 2.75 bits per heavy atom. The Morgan fingerprint density at radius 1 is 1.35 bits per heavy atom. The molecule has 0 amide bonds. The van der Waals surface area contributed by atoms with Crippen LogP contribution in [0, 0.1) is 0 Å². The number of benzene rings is 1. The molecule has 0 aliphatic carbocycles. The van der Waals surface area contributed by atoms with Gasteiger partial charge in [-0.15, -0.1) is 0 Å². The maximum absolute atomic E-state index is 5.97. The Balaban J connectivity index is 1.91. The monoisotopic (exact) mass is 288 g/mol. The van der Waals surface area contributed by atoms with E-state index in [4.69, 9.17) is 5.73 Å². The maximum atomic E-state index is 5.97. The number of nitrogens with zero attached hydrogens (tertiary/aromatic N) is 3. The van der Waals surface area contributed by atoms with E-state index in [1.54, 1.807) is 0 Å². The van der Waals surface area contributed by atoms with Gasteiger partial charge >= 0.3 is 0 Å². The van der Waals surface area contributed by atoms with Crippen LogP contribution in [0.4, 0.5) is 5.13 Å². The highest BCUT2D eigenvalue weighted by molar-refractivity contribution is 7.09. The third kappa shape index (κ3) is 2.43. The summed E-state index contributed by atoms with van der Waals surface area (Å²) in [5.41, 5.74) is 8.75. The van der Waals surface area contributed by atoms with Gasteiger partial charge in [-0.3, -0.25) is 0 Å². The van der Waals surface area contributed by atoms with E-state index in [2.05, 4.69) is 52.4 Å². The lowest BCUT2D eigenvalue weighted by molar-refractivity contribution is 0.559. The van der Waals surface area contributed by atoms with Gasteiger partial charge in [0.1, 0.15) is 5.82 Å². The first-order valence-electron chi connectivity index (χ1n) is 7.06. The van der Waals surface area contributed by atoms with E-state index in [9.17, 15) is 0 Å². The summed E-state index contributed by atoms with van der Waals surface area (Å²) in [6.45, 7) is 5.77. The molecule has 20 heavy (non-hydrogen) atoms. The lowest BCUT2D eigenvalue weighted by atomic mass is 9.94. The van der Waals surface area contributed by atoms with E-state index >= 15 is 0 Å². The number of hydrogen-bond donors (Lipinski definition) is 1. The molecule has 1 unspecified atom stereocenters. The molecule has 1 atom stereocenters. The van der Waals surface area contributed by atoms with E-state index in [-0.39, 0.29) is 0 Å². The molecule has 0 saturated heterocycles. The van der Waals surface area contributed by atoms with Crippen LogP contribution in [0.2, 0.25) is 0 Å². The van der Waals surface area contributed by atoms with Gasteiger partial charge in [-0.1, -0.05) is 38.1 Å². The Bertz CT molecular complexity index is 593. The molecular weight excluding hydrogens is 268 g/mol. The summed E-state index contributed by atoms with van der Waals surface area (Å²) in [6, 6.07) is 8.91. The Labute approximate surface area is 123 Å². The summed E-state index contributed by atoms with van der Waals surface area (Å²) in [6.07, 6.45) is 0.989. The lowest BCUT2D eigenvalue weighted by Gasteiger charge is -2.35. The topological polar surface area (TPSA) is 55.0 Å². The van der Waals surface area contributed by atoms with Crippen molar-refractivity contribution in [2.45, 2.75) is 38.8 Å². The number of anilines is 1. The number of aromatic nitrogens is 2. The summed E-state index contributed by atoms with van der Waals surface area (Å²) in [5.74, 6) is 1.30. The van der Waals surface area contributed by atoms with Crippen LogP contribution in [0.25, 0.3) is 0 Å². The van der Waals surface area contributed by atoms with Crippen molar-refractivity contribution in [2.24, 2.45) is 5.73 Å². The molecule has 106 valence electrons. The van der Waals surface area contributed by atoms with Gasteiger partial charge in [-0.2, -0.15) is 4.37 Å². The molecule has 1 aromatic carbocycles. The predicted molar refractivity (Wildman–Crippen MR) is 83.2 cm³/mol. The Hall–Kier alpha value is -1.46. The molecule has 0 fully saturated rings. The number of rotatable bonds is 3. The fraction of sp³-hybridized carbons (Fsp3) is 0.467. The molecule has 2 heterocycles. The van der Waals surface area contributed by atoms with Crippen molar-refractivity contribution < 1.29 is 0 Å². The van der Waals surface area contributed by atoms with Crippen LogP contribution >= 0.6 is 11.5 Å². The van der Waals surface area contributed by atoms with Crippen LogP contribution in [0.15, 0.2) is 24.3 Å². The first-order chi connectivity index (χ1) is 9.69. The first-order valence-corrected chi connectivity index (χ1v) is 7.83. The van der Waals surface area contributed by atoms with Crippen LogP contribution in [-0.4, -0.2) is 21.9 Å². The van der Waals surface area contributed by atoms with Crippen molar-refractivity contribution in [1.29, 1.82) is 0 Å². The third-order valence-electron chi connectivity index (χ3n) is 3.82. The first kappa shape index (κ1) is 13.5. The molecule has 0 radical (unpaired) electrons. The fourth-order valence-electron chi connectivity index (χ4n) is 2.60. The number of hydrogen-bond acceptors (Lipinski definition) is 5. The van der Waals surface area contributed by atoms with E-state index < -0.39 is 0 Å². The van der Waals surface area contributed by atoms with E-state index in [0.29, 0.717) is 18.5 Å². The van der Waals surface area contributed by atoms with Gasteiger partial charge in [0.2, 0.25) is 5.13 Å². The zero-order chi connectivity index (χ0) is 14.1. The number of fused-ring (bicyclic) bond motifs is 1. The lowest BCUT2D eigenvalue weighted by Crippen LogP contribution is -2.45. The molecule has 0 saturated carbocycles. The van der Waals surface area contributed by atoms with Gasteiger partial charge in [0.05, 0.1) is 0 Å². The van der Waals surface area contributed by atoms with Gasteiger partial charge < -0.3 is 10.6 Å². The molecule has 4 nitrogen and oxygen atoms in total. The molecular formula is C15H20N4S. The number of nitrogens with two attached hydrogens (primary N) is 1. The average molecular weight is 288 g/mol. The highest BCUT2D eigenvalue weighted by Crippen LogP contribution is 2.30. The van der Waals surface area contributed by atoms with Crippen LogP contribution in [0.5, 0.6) is 0 Å². The molecule has 0 bridgehead atoms. The van der Waals surface area contributed by atoms with Crippen molar-refractivity contribution in [1.82, 2.24) is 9.36 Å². The molecule has 3 rings (SSSR count). The predicted octanol–water partition coefficient (Wildman–Crippen LogP) is 2.55. The Kier molecular flexibility index (Phi) is 3.72. The van der Waals surface area contributed by atoms with Crippen LogP contribution in [0.3, 0.4) is 0 Å².